The summed E-state index contributed by atoms with van der Waals surface area (Å²) < 4.78 is 1.85. The smallest absolute Gasteiger partial charge is 0.253 e. The highest BCUT2D eigenvalue weighted by Crippen LogP contribution is 2.31. The Kier molecular flexibility index (Phi) is 6.15. The normalized spacial score (nSPS) is 16.1. The van der Waals surface area contributed by atoms with Crippen molar-refractivity contribution in [1.29, 1.82) is 0 Å². The van der Waals surface area contributed by atoms with Crippen molar-refractivity contribution in [2.75, 3.05) is 31.1 Å². The van der Waals surface area contributed by atoms with Gasteiger partial charge in [-0.3, -0.25) is 9.69 Å². The summed E-state index contributed by atoms with van der Waals surface area (Å²) in [5, 5.41) is 13.8. The zero-order valence-electron chi connectivity index (χ0n) is 20.9. The highest BCUT2D eigenvalue weighted by molar-refractivity contribution is 5.80. The van der Waals surface area contributed by atoms with E-state index in [4.69, 9.17) is 0 Å². The zero-order chi connectivity index (χ0) is 24.6. The number of aromatic nitrogens is 5. The standard InChI is InChI=1S/C27H33N7O/c1-5-19-11-12-23-20(17-19)18-22(26(35)28-23)24(25-29-30-31-34(25)27(2,3)4)33-15-13-32(14-16-33)21-9-7-6-8-10-21/h6-12,17-18,24H,5,13-16H2,1-4H3,(H,28,35)/t24-/m0/s1. The minimum Gasteiger partial charge on any atom is -0.369 e. The van der Waals surface area contributed by atoms with Gasteiger partial charge in [-0.2, -0.15) is 0 Å². The van der Waals surface area contributed by atoms with E-state index in [0.717, 1.165) is 43.5 Å². The van der Waals surface area contributed by atoms with Crippen LogP contribution in [0.2, 0.25) is 0 Å². The van der Waals surface area contributed by atoms with Crippen LogP contribution < -0.4 is 10.5 Å². The maximum atomic E-state index is 13.4. The molecular weight excluding hydrogens is 438 g/mol. The minimum absolute atomic E-state index is 0.0966. The second-order valence-electron chi connectivity index (χ2n) is 10.2. The molecule has 35 heavy (non-hydrogen) atoms. The average Bonchev–Trinajstić information content (AvgIpc) is 3.35. The molecule has 0 saturated carbocycles. The molecule has 2 aromatic heterocycles. The molecule has 0 aliphatic carbocycles. The lowest BCUT2D eigenvalue weighted by Crippen LogP contribution is -2.49. The van der Waals surface area contributed by atoms with Gasteiger partial charge in [-0.15, -0.1) is 5.10 Å². The van der Waals surface area contributed by atoms with E-state index in [1.54, 1.807) is 0 Å². The number of piperazine rings is 1. The zero-order valence-corrected chi connectivity index (χ0v) is 20.9. The first-order valence-corrected chi connectivity index (χ1v) is 12.3. The maximum absolute atomic E-state index is 13.4. The van der Waals surface area contributed by atoms with Crippen LogP contribution >= 0.6 is 0 Å². The van der Waals surface area contributed by atoms with Crippen LogP contribution in [-0.2, 0) is 12.0 Å². The summed E-state index contributed by atoms with van der Waals surface area (Å²) in [4.78, 5) is 21.3. The van der Waals surface area contributed by atoms with Gasteiger partial charge in [0.25, 0.3) is 5.56 Å². The van der Waals surface area contributed by atoms with E-state index in [2.05, 4.69) is 94.4 Å². The summed E-state index contributed by atoms with van der Waals surface area (Å²) in [5.74, 6) is 0.696. The molecule has 1 aliphatic rings. The second-order valence-corrected chi connectivity index (χ2v) is 10.2. The molecule has 0 bridgehead atoms. The lowest BCUT2D eigenvalue weighted by Gasteiger charge is -2.40. The van der Waals surface area contributed by atoms with Gasteiger partial charge in [-0.05, 0) is 78.9 Å². The van der Waals surface area contributed by atoms with Crippen LogP contribution in [0.5, 0.6) is 0 Å². The summed E-state index contributed by atoms with van der Waals surface area (Å²) >= 11 is 0. The van der Waals surface area contributed by atoms with Crippen LogP contribution in [0, 0.1) is 0 Å². The Hall–Kier alpha value is -3.52. The predicted octanol–water partition coefficient (Wildman–Crippen LogP) is 3.74. The first-order chi connectivity index (χ1) is 16.8. The molecule has 0 radical (unpaired) electrons. The van der Waals surface area contributed by atoms with Crippen molar-refractivity contribution < 1.29 is 0 Å². The molecule has 1 atom stereocenters. The monoisotopic (exact) mass is 471 g/mol. The Morgan fingerprint density at radius 1 is 1.00 bits per heavy atom. The quantitative estimate of drug-likeness (QED) is 0.477. The molecule has 0 spiro atoms. The predicted molar refractivity (Wildman–Crippen MR) is 139 cm³/mol. The number of pyridine rings is 1. The number of benzene rings is 2. The first-order valence-electron chi connectivity index (χ1n) is 12.3. The third-order valence-corrected chi connectivity index (χ3v) is 6.81. The number of tetrazole rings is 1. The second kappa shape index (κ2) is 9.26. The number of aryl methyl sites for hydroxylation is 1. The third-order valence-electron chi connectivity index (χ3n) is 6.81. The Morgan fingerprint density at radius 3 is 2.43 bits per heavy atom. The molecular formula is C27H33N7O. The summed E-state index contributed by atoms with van der Waals surface area (Å²) in [6.45, 7) is 11.7. The summed E-state index contributed by atoms with van der Waals surface area (Å²) in [7, 11) is 0. The molecule has 0 amide bonds. The van der Waals surface area contributed by atoms with Gasteiger partial charge in [0, 0.05) is 42.9 Å². The SMILES string of the molecule is CCc1ccc2[nH]c(=O)c([C@@H](c3nnnn3C(C)(C)C)N3CCN(c4ccccc4)CC3)cc2c1. The molecule has 2 aromatic carbocycles. The Bertz CT molecular complexity index is 1360. The van der Waals surface area contributed by atoms with Crippen molar-refractivity contribution >= 4 is 16.6 Å². The van der Waals surface area contributed by atoms with E-state index < -0.39 is 0 Å². The van der Waals surface area contributed by atoms with Gasteiger partial charge in [-0.1, -0.05) is 31.2 Å². The van der Waals surface area contributed by atoms with Gasteiger partial charge in [0.2, 0.25) is 0 Å². The first kappa shape index (κ1) is 23.2. The van der Waals surface area contributed by atoms with Crippen molar-refractivity contribution in [3.8, 4) is 0 Å². The molecule has 4 aromatic rings. The fourth-order valence-corrected chi connectivity index (χ4v) is 4.91. The molecule has 182 valence electrons. The van der Waals surface area contributed by atoms with E-state index in [-0.39, 0.29) is 17.1 Å². The van der Waals surface area contributed by atoms with Gasteiger partial charge in [0.15, 0.2) is 5.82 Å². The van der Waals surface area contributed by atoms with Crippen LogP contribution in [0.3, 0.4) is 0 Å². The molecule has 3 heterocycles. The lowest BCUT2D eigenvalue weighted by atomic mass is 10.00. The molecule has 1 aliphatic heterocycles. The van der Waals surface area contributed by atoms with Crippen LogP contribution in [0.1, 0.15) is 50.7 Å². The molecule has 0 unspecified atom stereocenters. The van der Waals surface area contributed by atoms with Crippen LogP contribution in [-0.4, -0.2) is 56.3 Å². The maximum Gasteiger partial charge on any atom is 0.253 e. The van der Waals surface area contributed by atoms with Crippen LogP contribution in [0.4, 0.5) is 5.69 Å². The van der Waals surface area contributed by atoms with Crippen molar-refractivity contribution in [3.63, 3.8) is 0 Å². The summed E-state index contributed by atoms with van der Waals surface area (Å²) in [6, 6.07) is 18.4. The molecule has 8 heteroatoms. The van der Waals surface area contributed by atoms with Crippen molar-refractivity contribution in [1.82, 2.24) is 30.1 Å². The van der Waals surface area contributed by atoms with Gasteiger partial charge in [0.05, 0.1) is 5.54 Å². The number of aromatic amines is 1. The third kappa shape index (κ3) is 4.58. The number of H-pyrrole nitrogens is 1. The summed E-state index contributed by atoms with van der Waals surface area (Å²) in [5.41, 5.74) is 3.57. The topological polar surface area (TPSA) is 82.9 Å². The molecule has 5 rings (SSSR count). The van der Waals surface area contributed by atoms with Crippen LogP contribution in [0.25, 0.3) is 10.9 Å². The lowest BCUT2D eigenvalue weighted by molar-refractivity contribution is 0.190. The number of nitrogens with one attached hydrogen (secondary N) is 1. The number of hydrogen-bond donors (Lipinski definition) is 1. The average molecular weight is 472 g/mol. The van der Waals surface area contributed by atoms with Gasteiger partial charge in [-0.25, -0.2) is 4.68 Å². The fourth-order valence-electron chi connectivity index (χ4n) is 4.91. The van der Waals surface area contributed by atoms with E-state index in [1.807, 2.05) is 22.9 Å². The number of nitrogens with zero attached hydrogens (tertiary/aromatic N) is 6. The van der Waals surface area contributed by atoms with E-state index >= 15 is 0 Å². The highest BCUT2D eigenvalue weighted by atomic mass is 16.1. The number of para-hydroxylation sites is 1. The molecule has 8 nitrogen and oxygen atoms in total. The van der Waals surface area contributed by atoms with E-state index in [9.17, 15) is 4.79 Å². The van der Waals surface area contributed by atoms with Gasteiger partial charge < -0.3 is 9.88 Å². The van der Waals surface area contributed by atoms with Crippen molar-refractivity contribution in [3.05, 3.63) is 81.9 Å². The molecule has 1 saturated heterocycles. The van der Waals surface area contributed by atoms with Gasteiger partial charge >= 0.3 is 0 Å². The number of anilines is 1. The summed E-state index contributed by atoms with van der Waals surface area (Å²) in [6.07, 6.45) is 0.942. The van der Waals surface area contributed by atoms with Crippen molar-refractivity contribution in [2.45, 2.75) is 45.7 Å². The van der Waals surface area contributed by atoms with E-state index in [0.29, 0.717) is 11.4 Å². The van der Waals surface area contributed by atoms with Crippen molar-refractivity contribution in [2.24, 2.45) is 0 Å². The number of fused-ring (bicyclic) bond motifs is 1. The highest BCUT2D eigenvalue weighted by Gasteiger charge is 2.35. The largest absolute Gasteiger partial charge is 0.369 e. The fraction of sp³-hybridized carbons (Fsp3) is 0.407. The number of rotatable bonds is 5. The minimum atomic E-state index is -0.347. The van der Waals surface area contributed by atoms with Crippen LogP contribution in [0.15, 0.2) is 59.4 Å². The number of hydrogen-bond acceptors (Lipinski definition) is 6. The van der Waals surface area contributed by atoms with E-state index in [1.165, 1.54) is 11.3 Å². The molecule has 1 N–H and O–H groups in total. The van der Waals surface area contributed by atoms with Gasteiger partial charge in [0.1, 0.15) is 6.04 Å². The Morgan fingerprint density at radius 2 is 1.74 bits per heavy atom. The molecule has 1 fully saturated rings. The Labute approximate surface area is 205 Å². The Balaban J connectivity index is 1.57.